The van der Waals surface area contributed by atoms with Crippen LogP contribution in [-0.4, -0.2) is 47.1 Å². The van der Waals surface area contributed by atoms with Crippen molar-refractivity contribution in [3.63, 3.8) is 0 Å². The maximum atomic E-state index is 12.8. The van der Waals surface area contributed by atoms with Crippen molar-refractivity contribution in [2.24, 2.45) is 52.8 Å². The Labute approximate surface area is 182 Å². The third-order valence-electron chi connectivity index (χ3n) is 8.49. The number of aliphatic carboxylic acids is 2. The fraction of sp³-hybridized carbons (Fsp3) is 0.826. The van der Waals surface area contributed by atoms with Gasteiger partial charge in [0.15, 0.2) is 0 Å². The maximum Gasteiger partial charge on any atom is 0.307 e. The minimum absolute atomic E-state index is 0.106. The second-order valence-corrected chi connectivity index (χ2v) is 11.0. The number of rotatable bonds is 8. The lowest BCUT2D eigenvalue weighted by Crippen LogP contribution is -2.48. The molecule has 8 heteroatoms. The molecule has 0 radical (unpaired) electrons. The molecule has 4 aliphatic rings. The first-order valence-electron chi connectivity index (χ1n) is 11.6. The normalized spacial score (nSPS) is 38.3. The molecule has 4 bridgehead atoms. The molecule has 8 atom stereocenters. The molecule has 4 aliphatic carbocycles. The number of fused-ring (bicyclic) bond motifs is 4. The number of amides is 2. The van der Waals surface area contributed by atoms with Gasteiger partial charge in [0.2, 0.25) is 11.8 Å². The Morgan fingerprint density at radius 2 is 1.00 bits per heavy atom. The lowest BCUT2D eigenvalue weighted by Gasteiger charge is -2.31. The van der Waals surface area contributed by atoms with Crippen LogP contribution < -0.4 is 10.6 Å². The van der Waals surface area contributed by atoms with E-state index in [1.165, 1.54) is 0 Å². The van der Waals surface area contributed by atoms with Crippen molar-refractivity contribution in [1.82, 2.24) is 10.6 Å². The van der Waals surface area contributed by atoms with Crippen LogP contribution in [0.4, 0.5) is 0 Å². The summed E-state index contributed by atoms with van der Waals surface area (Å²) in [6, 6.07) is 0. The number of carbonyl (C=O) groups excluding carboxylic acids is 2. The van der Waals surface area contributed by atoms with Crippen LogP contribution in [0.1, 0.15) is 52.4 Å². The molecule has 4 saturated carbocycles. The summed E-state index contributed by atoms with van der Waals surface area (Å²) >= 11 is 0. The standard InChI is InChI=1S/C23H34N2O6/c1-23(2,9-24-19(26)15-11-3-5-13(7-11)17(15)21(28)29)10-25-20(27)16-12-4-6-14(8-12)18(16)22(30)31/h11-18H,3-10H2,1-2H3,(H,24,26)(H,25,27)(H,28,29)(H,30,31)/t11-,12-,13-,14-,15-,16+,17-,18-/m0/s1. The smallest absolute Gasteiger partial charge is 0.307 e. The summed E-state index contributed by atoms with van der Waals surface area (Å²) in [5, 5.41) is 25.0. The van der Waals surface area contributed by atoms with Gasteiger partial charge in [-0.1, -0.05) is 13.8 Å². The quantitative estimate of drug-likeness (QED) is 0.460. The zero-order valence-electron chi connectivity index (χ0n) is 18.3. The van der Waals surface area contributed by atoms with Crippen molar-refractivity contribution >= 4 is 23.8 Å². The molecule has 0 aliphatic heterocycles. The van der Waals surface area contributed by atoms with Crippen LogP contribution in [0.25, 0.3) is 0 Å². The van der Waals surface area contributed by atoms with Crippen LogP contribution in [0.2, 0.25) is 0 Å². The van der Waals surface area contributed by atoms with Crippen molar-refractivity contribution < 1.29 is 29.4 Å². The van der Waals surface area contributed by atoms with E-state index in [1.807, 2.05) is 13.8 Å². The highest BCUT2D eigenvalue weighted by Crippen LogP contribution is 2.53. The van der Waals surface area contributed by atoms with Gasteiger partial charge < -0.3 is 20.8 Å². The molecular formula is C23H34N2O6. The molecule has 0 saturated heterocycles. The Morgan fingerprint density at radius 3 is 1.32 bits per heavy atom. The fourth-order valence-corrected chi connectivity index (χ4v) is 7.00. The van der Waals surface area contributed by atoms with E-state index in [-0.39, 0.29) is 35.5 Å². The monoisotopic (exact) mass is 434 g/mol. The second-order valence-electron chi connectivity index (χ2n) is 11.0. The number of hydrogen-bond donors (Lipinski definition) is 4. The molecule has 4 N–H and O–H groups in total. The average Bonchev–Trinajstić information content (AvgIpc) is 3.49. The molecule has 0 aromatic rings. The van der Waals surface area contributed by atoms with Crippen LogP contribution in [0, 0.1) is 52.8 Å². The van der Waals surface area contributed by atoms with E-state index in [0.717, 1.165) is 38.5 Å². The lowest BCUT2D eigenvalue weighted by atomic mass is 9.78. The number of carbonyl (C=O) groups is 4. The van der Waals surface area contributed by atoms with Crippen LogP contribution in [-0.2, 0) is 19.2 Å². The van der Waals surface area contributed by atoms with E-state index in [4.69, 9.17) is 0 Å². The van der Waals surface area contributed by atoms with E-state index in [9.17, 15) is 29.4 Å². The SMILES string of the molecule is CC(C)(CNC(=O)[C@@H]1[C@H]2CC[C@@H](C2)[C@@H]1C(=O)O)CNC(=O)[C@H]1[C@H]2CC[C@@H](C2)[C@@H]1C(=O)O. The molecule has 2 amide bonds. The van der Waals surface area contributed by atoms with E-state index in [0.29, 0.717) is 13.1 Å². The molecule has 0 spiro atoms. The zero-order valence-corrected chi connectivity index (χ0v) is 18.3. The van der Waals surface area contributed by atoms with Crippen molar-refractivity contribution in [3.05, 3.63) is 0 Å². The van der Waals surface area contributed by atoms with Gasteiger partial charge in [-0.25, -0.2) is 0 Å². The summed E-state index contributed by atoms with van der Waals surface area (Å²) in [5.41, 5.74) is -0.433. The minimum atomic E-state index is -0.877. The maximum absolute atomic E-state index is 12.8. The van der Waals surface area contributed by atoms with Crippen molar-refractivity contribution in [2.75, 3.05) is 13.1 Å². The first-order valence-corrected chi connectivity index (χ1v) is 11.6. The largest absolute Gasteiger partial charge is 0.481 e. The number of nitrogens with one attached hydrogen (secondary N) is 2. The molecule has 8 nitrogen and oxygen atoms in total. The Kier molecular flexibility index (Phi) is 5.77. The topological polar surface area (TPSA) is 133 Å². The summed E-state index contributed by atoms with van der Waals surface area (Å²) in [5.74, 6) is -3.74. The number of carboxylic acid groups (broad SMARTS) is 2. The fourth-order valence-electron chi connectivity index (χ4n) is 7.00. The van der Waals surface area contributed by atoms with Crippen molar-refractivity contribution in [1.29, 1.82) is 0 Å². The average molecular weight is 435 g/mol. The summed E-state index contributed by atoms with van der Waals surface area (Å²) in [4.78, 5) is 49.0. The summed E-state index contributed by atoms with van der Waals surface area (Å²) < 4.78 is 0. The molecule has 172 valence electrons. The summed E-state index contributed by atoms with van der Waals surface area (Å²) in [6.45, 7) is 4.51. The Bertz CT molecular complexity index is 718. The molecule has 0 aromatic carbocycles. The summed E-state index contributed by atoms with van der Waals surface area (Å²) in [7, 11) is 0. The van der Waals surface area contributed by atoms with Crippen LogP contribution >= 0.6 is 0 Å². The number of hydrogen-bond acceptors (Lipinski definition) is 4. The third-order valence-corrected chi connectivity index (χ3v) is 8.49. The molecule has 4 rings (SSSR count). The van der Waals surface area contributed by atoms with Crippen LogP contribution in [0.5, 0.6) is 0 Å². The van der Waals surface area contributed by atoms with Gasteiger partial charge in [0, 0.05) is 13.1 Å². The summed E-state index contributed by atoms with van der Waals surface area (Å²) in [6.07, 6.45) is 5.26. The Morgan fingerprint density at radius 1 is 0.677 bits per heavy atom. The zero-order chi connectivity index (χ0) is 22.5. The van der Waals surface area contributed by atoms with Gasteiger partial charge in [-0.3, -0.25) is 19.2 Å². The molecule has 4 fully saturated rings. The van der Waals surface area contributed by atoms with Gasteiger partial charge in [0.1, 0.15) is 0 Å². The van der Waals surface area contributed by atoms with Gasteiger partial charge >= 0.3 is 11.9 Å². The molecule has 0 unspecified atom stereocenters. The lowest BCUT2D eigenvalue weighted by molar-refractivity contribution is -0.149. The van der Waals surface area contributed by atoms with Gasteiger partial charge in [-0.05, 0) is 67.6 Å². The molecule has 0 heterocycles. The van der Waals surface area contributed by atoms with Crippen molar-refractivity contribution in [2.45, 2.75) is 52.4 Å². The van der Waals surface area contributed by atoms with Crippen LogP contribution in [0.15, 0.2) is 0 Å². The van der Waals surface area contributed by atoms with E-state index in [1.54, 1.807) is 0 Å². The highest BCUT2D eigenvalue weighted by molar-refractivity contribution is 5.87. The first kappa shape index (κ1) is 22.1. The van der Waals surface area contributed by atoms with Gasteiger partial charge in [-0.2, -0.15) is 0 Å². The van der Waals surface area contributed by atoms with Gasteiger partial charge in [0.05, 0.1) is 23.7 Å². The highest BCUT2D eigenvalue weighted by atomic mass is 16.4. The van der Waals surface area contributed by atoms with E-state index in [2.05, 4.69) is 10.6 Å². The Hall–Kier alpha value is -2.12. The van der Waals surface area contributed by atoms with Gasteiger partial charge in [-0.15, -0.1) is 0 Å². The predicted molar refractivity (Wildman–Crippen MR) is 111 cm³/mol. The van der Waals surface area contributed by atoms with E-state index >= 15 is 0 Å². The molecular weight excluding hydrogens is 400 g/mol. The van der Waals surface area contributed by atoms with Gasteiger partial charge in [0.25, 0.3) is 0 Å². The first-order chi connectivity index (χ1) is 14.6. The second kappa shape index (κ2) is 8.10. The Balaban J connectivity index is 1.29. The highest BCUT2D eigenvalue weighted by Gasteiger charge is 2.55. The molecule has 31 heavy (non-hydrogen) atoms. The van der Waals surface area contributed by atoms with Crippen molar-refractivity contribution in [3.8, 4) is 0 Å². The molecule has 0 aromatic heterocycles. The van der Waals surface area contributed by atoms with Crippen LogP contribution in [0.3, 0.4) is 0 Å². The third kappa shape index (κ3) is 4.05. The van der Waals surface area contributed by atoms with E-state index < -0.39 is 41.0 Å². The minimum Gasteiger partial charge on any atom is -0.481 e. The predicted octanol–water partition coefficient (Wildman–Crippen LogP) is 1.74. The number of carboxylic acids is 2.